The molecular weight excluding hydrogens is 268 g/mol. The second-order valence-corrected chi connectivity index (χ2v) is 2.97. The van der Waals surface area contributed by atoms with Crippen LogP contribution < -0.4 is 14.8 Å². The van der Waals surface area contributed by atoms with Crippen molar-refractivity contribution in [2.24, 2.45) is 0 Å². The van der Waals surface area contributed by atoms with Crippen molar-refractivity contribution < 1.29 is 35.8 Å². The van der Waals surface area contributed by atoms with Crippen LogP contribution in [-0.4, -0.2) is 12.7 Å². The molecule has 0 spiro atoms. The minimum atomic E-state index is -5.02. The number of anilines is 1. The maximum Gasteiger partial charge on any atom is 0.573 e. The van der Waals surface area contributed by atoms with E-state index in [2.05, 4.69) is 21.8 Å². The van der Waals surface area contributed by atoms with Crippen molar-refractivity contribution in [1.29, 1.82) is 0 Å². The number of nitrogens with one attached hydrogen (secondary N) is 1. The first-order valence-corrected chi connectivity index (χ1v) is 4.29. The van der Waals surface area contributed by atoms with Gasteiger partial charge in [-0.1, -0.05) is 0 Å². The van der Waals surface area contributed by atoms with Crippen LogP contribution in [0.25, 0.3) is 0 Å². The van der Waals surface area contributed by atoms with E-state index in [1.54, 1.807) is 0 Å². The van der Waals surface area contributed by atoms with Crippen molar-refractivity contribution in [1.82, 2.24) is 0 Å². The van der Waals surface area contributed by atoms with E-state index in [4.69, 9.17) is 0 Å². The number of alkyl halides is 6. The largest absolute Gasteiger partial charge is 0.573 e. The van der Waals surface area contributed by atoms with Gasteiger partial charge in [-0.25, -0.2) is 0 Å². The van der Waals surface area contributed by atoms with E-state index in [1.165, 1.54) is 0 Å². The fourth-order valence-electron chi connectivity index (χ4n) is 1.06. The lowest BCUT2D eigenvalue weighted by Gasteiger charge is -2.14. The third kappa shape index (κ3) is 5.02. The standard InChI is InChI=1S/C9H6F6NO2/c1-16-5-2-6(17-8(10,11)12)4-7(3-5)18-9(13,14)15/h2-4,16H,1H2. The van der Waals surface area contributed by atoms with Crippen LogP contribution in [0, 0.1) is 7.05 Å². The smallest absolute Gasteiger partial charge is 0.406 e. The summed E-state index contributed by atoms with van der Waals surface area (Å²) in [5, 5.41) is 2.13. The van der Waals surface area contributed by atoms with Crippen molar-refractivity contribution in [3.8, 4) is 11.5 Å². The lowest BCUT2D eigenvalue weighted by atomic mass is 10.3. The Labute approximate surface area is 97.3 Å². The van der Waals surface area contributed by atoms with Crippen LogP contribution in [0.1, 0.15) is 0 Å². The molecule has 0 aliphatic rings. The number of rotatable bonds is 3. The van der Waals surface area contributed by atoms with Crippen LogP contribution in [0.2, 0.25) is 0 Å². The van der Waals surface area contributed by atoms with Crippen molar-refractivity contribution in [3.05, 3.63) is 25.2 Å². The van der Waals surface area contributed by atoms with Gasteiger partial charge in [0.1, 0.15) is 11.5 Å². The van der Waals surface area contributed by atoms with E-state index < -0.39 is 24.2 Å². The molecule has 1 N–H and O–H groups in total. The summed E-state index contributed by atoms with van der Waals surface area (Å²) in [6.45, 7) is 0. The van der Waals surface area contributed by atoms with Gasteiger partial charge < -0.3 is 14.8 Å². The first kappa shape index (κ1) is 14.3. The molecule has 0 amide bonds. The lowest BCUT2D eigenvalue weighted by Crippen LogP contribution is -2.19. The minimum Gasteiger partial charge on any atom is -0.406 e. The van der Waals surface area contributed by atoms with Gasteiger partial charge in [-0.05, 0) is 0 Å². The first-order valence-electron chi connectivity index (χ1n) is 4.29. The summed E-state index contributed by atoms with van der Waals surface area (Å²) in [5.74, 6) is -1.70. The first-order chi connectivity index (χ1) is 8.09. The van der Waals surface area contributed by atoms with Crippen molar-refractivity contribution >= 4 is 5.69 Å². The van der Waals surface area contributed by atoms with Gasteiger partial charge in [-0.3, -0.25) is 0 Å². The molecule has 0 bridgehead atoms. The number of halogens is 6. The Bertz CT molecular complexity index is 380. The Hall–Kier alpha value is -1.80. The molecule has 1 radical (unpaired) electrons. The molecular formula is C9H6F6NO2. The number of ether oxygens (including phenoxy) is 2. The molecule has 0 saturated heterocycles. The van der Waals surface area contributed by atoms with Crippen LogP contribution in [0.4, 0.5) is 32.0 Å². The maximum atomic E-state index is 11.9. The van der Waals surface area contributed by atoms with Gasteiger partial charge in [0.15, 0.2) is 0 Å². The number of benzene rings is 1. The Balaban J connectivity index is 3.02. The average Bonchev–Trinajstić information content (AvgIpc) is 2.11. The third-order valence-electron chi connectivity index (χ3n) is 1.55. The minimum absolute atomic E-state index is 0.129. The zero-order valence-electron chi connectivity index (χ0n) is 8.52. The average molecular weight is 274 g/mol. The van der Waals surface area contributed by atoms with Crippen LogP contribution in [0.15, 0.2) is 18.2 Å². The van der Waals surface area contributed by atoms with Gasteiger partial charge in [0.05, 0.1) is 0 Å². The predicted octanol–water partition coefficient (Wildman–Crippen LogP) is 3.69. The molecule has 0 aliphatic heterocycles. The van der Waals surface area contributed by atoms with E-state index in [1.807, 2.05) is 0 Å². The summed E-state index contributed by atoms with van der Waals surface area (Å²) in [6.07, 6.45) is -10.0. The van der Waals surface area contributed by atoms with Crippen molar-refractivity contribution in [2.75, 3.05) is 5.32 Å². The summed E-state index contributed by atoms with van der Waals surface area (Å²) in [7, 11) is 3.11. The lowest BCUT2D eigenvalue weighted by molar-refractivity contribution is -0.276. The Morgan fingerprint density at radius 3 is 1.50 bits per heavy atom. The van der Waals surface area contributed by atoms with Crippen molar-refractivity contribution in [3.63, 3.8) is 0 Å². The van der Waals surface area contributed by atoms with Crippen LogP contribution >= 0.6 is 0 Å². The van der Waals surface area contributed by atoms with E-state index in [0.717, 1.165) is 12.1 Å². The van der Waals surface area contributed by atoms with Gasteiger partial charge in [0.25, 0.3) is 0 Å². The third-order valence-corrected chi connectivity index (χ3v) is 1.55. The molecule has 0 saturated carbocycles. The van der Waals surface area contributed by atoms with E-state index in [0.29, 0.717) is 6.07 Å². The highest BCUT2D eigenvalue weighted by Gasteiger charge is 2.33. The molecule has 9 heteroatoms. The molecule has 0 fully saturated rings. The quantitative estimate of drug-likeness (QED) is 0.853. The summed E-state index contributed by atoms with van der Waals surface area (Å²) in [6, 6.07) is 2.11. The Morgan fingerprint density at radius 2 is 1.22 bits per heavy atom. The van der Waals surface area contributed by atoms with Gasteiger partial charge >= 0.3 is 12.7 Å². The second kappa shape index (κ2) is 4.83. The molecule has 1 aromatic rings. The van der Waals surface area contributed by atoms with Gasteiger partial charge in [0, 0.05) is 30.9 Å². The second-order valence-electron chi connectivity index (χ2n) is 2.97. The van der Waals surface area contributed by atoms with Crippen molar-refractivity contribution in [2.45, 2.75) is 12.7 Å². The molecule has 0 unspecified atom stereocenters. The topological polar surface area (TPSA) is 30.5 Å². The zero-order valence-corrected chi connectivity index (χ0v) is 8.52. The normalized spacial score (nSPS) is 12.2. The SMILES string of the molecule is [CH2]Nc1cc(OC(F)(F)F)cc(OC(F)(F)F)c1. The van der Waals surface area contributed by atoms with Crippen LogP contribution in [0.3, 0.4) is 0 Å². The fourth-order valence-corrected chi connectivity index (χ4v) is 1.06. The predicted molar refractivity (Wildman–Crippen MR) is 48.8 cm³/mol. The Morgan fingerprint density at radius 1 is 0.833 bits per heavy atom. The highest BCUT2D eigenvalue weighted by molar-refractivity contribution is 5.54. The van der Waals surface area contributed by atoms with E-state index in [-0.39, 0.29) is 5.69 Å². The fraction of sp³-hybridized carbons (Fsp3) is 0.222. The number of hydrogen-bond donors (Lipinski definition) is 1. The van der Waals surface area contributed by atoms with Gasteiger partial charge in [-0.15, -0.1) is 26.3 Å². The summed E-state index contributed by atoms with van der Waals surface area (Å²) >= 11 is 0. The van der Waals surface area contributed by atoms with Gasteiger partial charge in [-0.2, -0.15) is 0 Å². The Kier molecular flexibility index (Phi) is 3.82. The highest BCUT2D eigenvalue weighted by Crippen LogP contribution is 2.32. The molecule has 18 heavy (non-hydrogen) atoms. The summed E-state index contributed by atoms with van der Waals surface area (Å²) in [4.78, 5) is 0. The number of hydrogen-bond acceptors (Lipinski definition) is 3. The molecule has 1 aromatic carbocycles. The molecule has 1 rings (SSSR count). The monoisotopic (exact) mass is 274 g/mol. The van der Waals surface area contributed by atoms with E-state index in [9.17, 15) is 26.3 Å². The molecule has 3 nitrogen and oxygen atoms in total. The molecule has 0 aliphatic carbocycles. The van der Waals surface area contributed by atoms with Crippen LogP contribution in [-0.2, 0) is 0 Å². The summed E-state index contributed by atoms with van der Waals surface area (Å²) < 4.78 is 78.5. The zero-order chi connectivity index (χ0) is 14.0. The van der Waals surface area contributed by atoms with E-state index >= 15 is 0 Å². The maximum absolute atomic E-state index is 11.9. The van der Waals surface area contributed by atoms with Crippen LogP contribution in [0.5, 0.6) is 11.5 Å². The highest BCUT2D eigenvalue weighted by atomic mass is 19.4. The van der Waals surface area contributed by atoms with Gasteiger partial charge in [0.2, 0.25) is 0 Å². The molecule has 101 valence electrons. The molecule has 0 aromatic heterocycles. The molecule has 0 heterocycles. The molecule has 0 atom stereocenters. The summed E-state index contributed by atoms with van der Waals surface area (Å²) in [5.41, 5.74) is -0.129.